The molecule has 0 unspecified atom stereocenters. The molecule has 0 saturated heterocycles. The molecule has 0 spiro atoms. The molecule has 1 rings (SSSR count). The summed E-state index contributed by atoms with van der Waals surface area (Å²) >= 11 is 0. The first-order chi connectivity index (χ1) is 14.8. The number of carbonyl (C=O) groups excluding carboxylic acids is 1. The lowest BCUT2D eigenvalue weighted by atomic mass is 10.1. The van der Waals surface area contributed by atoms with Gasteiger partial charge in [0.15, 0.2) is 0 Å². The number of carboxylic acids is 1. The molecule has 0 radical (unpaired) electrons. The van der Waals surface area contributed by atoms with E-state index in [0.717, 1.165) is 12.8 Å². The van der Waals surface area contributed by atoms with E-state index < -0.39 is 18.1 Å². The van der Waals surface area contributed by atoms with Crippen molar-refractivity contribution in [3.63, 3.8) is 0 Å². The minimum Gasteiger partial charge on any atom is -0.478 e. The topological polar surface area (TPSA) is 57.6 Å². The van der Waals surface area contributed by atoms with Crippen LogP contribution in [0.25, 0.3) is 0 Å². The minimum atomic E-state index is -5.07. The number of alkyl halides is 3. The second-order valence-corrected chi connectivity index (χ2v) is 7.65. The van der Waals surface area contributed by atoms with Crippen molar-refractivity contribution < 1.29 is 27.9 Å². The standard InChI is InChI=1S/C24H34F3NO3/c1-2-3-4-5-6-7-8-9-10-11-12-13-16-19-28(23(31)24(25,26)27)21-18-15-14-17-20(21)22(29)30/h11-12,14-15,17-18H,2-10,13,16,19H2,1H3,(H,29,30)/b12-11+. The maximum atomic E-state index is 13.0. The second-order valence-electron chi connectivity index (χ2n) is 7.65. The minimum absolute atomic E-state index is 0.204. The van der Waals surface area contributed by atoms with Gasteiger partial charge in [0.1, 0.15) is 0 Å². The third kappa shape index (κ3) is 10.5. The molecule has 1 N–H and O–H groups in total. The maximum Gasteiger partial charge on any atom is 0.471 e. The van der Waals surface area contributed by atoms with Crippen LogP contribution in [0.2, 0.25) is 0 Å². The van der Waals surface area contributed by atoms with Crippen LogP contribution in [-0.2, 0) is 4.79 Å². The molecule has 0 bridgehead atoms. The summed E-state index contributed by atoms with van der Waals surface area (Å²) in [5.41, 5.74) is -0.564. The number of unbranched alkanes of at least 4 members (excludes halogenated alkanes) is 9. The second kappa shape index (κ2) is 14.7. The van der Waals surface area contributed by atoms with Gasteiger partial charge in [0.05, 0.1) is 11.3 Å². The molecule has 0 heterocycles. The third-order valence-corrected chi connectivity index (χ3v) is 5.06. The van der Waals surface area contributed by atoms with E-state index in [0.29, 0.717) is 17.7 Å². The lowest BCUT2D eigenvalue weighted by Crippen LogP contribution is -2.42. The first kappa shape index (κ1) is 26.7. The molecule has 1 aromatic carbocycles. The average molecular weight is 442 g/mol. The summed E-state index contributed by atoms with van der Waals surface area (Å²) in [5.74, 6) is -3.43. The number of amides is 1. The van der Waals surface area contributed by atoms with Gasteiger partial charge < -0.3 is 10.0 Å². The molecule has 0 saturated carbocycles. The highest BCUT2D eigenvalue weighted by Gasteiger charge is 2.43. The zero-order chi connectivity index (χ0) is 23.1. The summed E-state index contributed by atoms with van der Waals surface area (Å²) in [6, 6.07) is 5.25. The quantitative estimate of drug-likeness (QED) is 0.232. The van der Waals surface area contributed by atoms with Crippen molar-refractivity contribution in [2.24, 2.45) is 0 Å². The predicted octanol–water partition coefficient (Wildman–Crippen LogP) is 7.15. The molecule has 0 fully saturated rings. The van der Waals surface area contributed by atoms with Gasteiger partial charge in [-0.15, -0.1) is 0 Å². The van der Waals surface area contributed by atoms with Crippen LogP contribution in [0.4, 0.5) is 18.9 Å². The first-order valence-electron chi connectivity index (χ1n) is 11.1. The van der Waals surface area contributed by atoms with Gasteiger partial charge in [0.2, 0.25) is 0 Å². The van der Waals surface area contributed by atoms with Crippen molar-refractivity contribution >= 4 is 17.6 Å². The Morgan fingerprint density at radius 2 is 1.45 bits per heavy atom. The first-order valence-corrected chi connectivity index (χ1v) is 11.1. The largest absolute Gasteiger partial charge is 0.478 e. The van der Waals surface area contributed by atoms with Crippen molar-refractivity contribution in [2.75, 3.05) is 11.4 Å². The highest BCUT2D eigenvalue weighted by Crippen LogP contribution is 2.27. The van der Waals surface area contributed by atoms with Gasteiger partial charge >= 0.3 is 18.1 Å². The fourth-order valence-electron chi connectivity index (χ4n) is 3.37. The number of hydrogen-bond donors (Lipinski definition) is 1. The zero-order valence-corrected chi connectivity index (χ0v) is 18.3. The van der Waals surface area contributed by atoms with Crippen LogP contribution in [0.1, 0.15) is 87.9 Å². The smallest absolute Gasteiger partial charge is 0.471 e. The van der Waals surface area contributed by atoms with Crippen LogP contribution in [0.3, 0.4) is 0 Å². The Labute approximate surface area is 183 Å². The van der Waals surface area contributed by atoms with E-state index in [1.165, 1.54) is 69.2 Å². The monoisotopic (exact) mass is 441 g/mol. The number of para-hydroxylation sites is 1. The van der Waals surface area contributed by atoms with E-state index in [4.69, 9.17) is 0 Å². The van der Waals surface area contributed by atoms with E-state index >= 15 is 0 Å². The molecule has 7 heteroatoms. The Morgan fingerprint density at radius 1 is 0.903 bits per heavy atom. The number of benzene rings is 1. The van der Waals surface area contributed by atoms with E-state index in [1.807, 2.05) is 12.2 Å². The van der Waals surface area contributed by atoms with Crippen molar-refractivity contribution in [3.05, 3.63) is 42.0 Å². The lowest BCUT2D eigenvalue weighted by Gasteiger charge is -2.25. The molecular weight excluding hydrogens is 407 g/mol. The Kier molecular flexibility index (Phi) is 12.6. The Bertz CT molecular complexity index is 702. The van der Waals surface area contributed by atoms with Crippen LogP contribution >= 0.6 is 0 Å². The van der Waals surface area contributed by atoms with Crippen molar-refractivity contribution in [1.82, 2.24) is 0 Å². The SMILES string of the molecule is CCCCCCCCCC/C=C/CCCN(C(=O)C(F)(F)F)c1ccccc1C(=O)O. The van der Waals surface area contributed by atoms with Gasteiger partial charge in [-0.1, -0.05) is 76.2 Å². The number of aromatic carboxylic acids is 1. The molecule has 0 aromatic heterocycles. The summed E-state index contributed by atoms with van der Waals surface area (Å²) in [6.07, 6.45) is 10.6. The molecule has 1 amide bonds. The van der Waals surface area contributed by atoms with Crippen molar-refractivity contribution in [1.29, 1.82) is 0 Å². The molecule has 4 nitrogen and oxygen atoms in total. The molecule has 0 aliphatic carbocycles. The summed E-state index contributed by atoms with van der Waals surface area (Å²) < 4.78 is 39.1. The number of carboxylic acid groups (broad SMARTS) is 1. The molecule has 1 aromatic rings. The third-order valence-electron chi connectivity index (χ3n) is 5.06. The normalized spacial score (nSPS) is 11.7. The van der Waals surface area contributed by atoms with Gasteiger partial charge in [-0.05, 0) is 37.8 Å². The molecular formula is C24H34F3NO3. The number of rotatable bonds is 15. The number of allylic oxidation sites excluding steroid dienone is 2. The number of hydrogen-bond acceptors (Lipinski definition) is 2. The average Bonchev–Trinajstić information content (AvgIpc) is 2.73. The Morgan fingerprint density at radius 3 is 2.03 bits per heavy atom. The molecule has 0 atom stereocenters. The van der Waals surface area contributed by atoms with Gasteiger partial charge in [-0.3, -0.25) is 4.79 Å². The van der Waals surface area contributed by atoms with Gasteiger partial charge in [0.25, 0.3) is 0 Å². The zero-order valence-electron chi connectivity index (χ0n) is 18.3. The molecule has 31 heavy (non-hydrogen) atoms. The van der Waals surface area contributed by atoms with Gasteiger partial charge in [0, 0.05) is 6.54 Å². The van der Waals surface area contributed by atoms with E-state index in [2.05, 4.69) is 6.92 Å². The summed E-state index contributed by atoms with van der Waals surface area (Å²) in [5, 5.41) is 9.25. The number of halogens is 3. The van der Waals surface area contributed by atoms with Gasteiger partial charge in [-0.25, -0.2) is 4.79 Å². The number of anilines is 1. The van der Waals surface area contributed by atoms with E-state index in [9.17, 15) is 27.9 Å². The maximum absolute atomic E-state index is 13.0. The predicted molar refractivity (Wildman–Crippen MR) is 117 cm³/mol. The summed E-state index contributed by atoms with van der Waals surface area (Å²) in [7, 11) is 0. The van der Waals surface area contributed by atoms with Crippen LogP contribution < -0.4 is 4.90 Å². The van der Waals surface area contributed by atoms with E-state index in [-0.39, 0.29) is 17.8 Å². The molecule has 0 aliphatic rings. The molecule has 174 valence electrons. The number of carbonyl (C=O) groups is 2. The Balaban J connectivity index is 2.47. The van der Waals surface area contributed by atoms with Crippen LogP contribution in [-0.4, -0.2) is 29.7 Å². The molecule has 0 aliphatic heterocycles. The summed E-state index contributed by atoms with van der Waals surface area (Å²) in [6.45, 7) is 2.00. The Hall–Kier alpha value is -2.31. The lowest BCUT2D eigenvalue weighted by molar-refractivity contribution is -0.170. The van der Waals surface area contributed by atoms with Crippen molar-refractivity contribution in [3.8, 4) is 0 Å². The number of nitrogens with zero attached hydrogens (tertiary/aromatic N) is 1. The summed E-state index contributed by atoms with van der Waals surface area (Å²) in [4.78, 5) is 23.8. The van der Waals surface area contributed by atoms with Crippen molar-refractivity contribution in [2.45, 2.75) is 83.7 Å². The van der Waals surface area contributed by atoms with Crippen LogP contribution in [0.15, 0.2) is 36.4 Å². The highest BCUT2D eigenvalue weighted by molar-refractivity contribution is 6.03. The fourth-order valence-corrected chi connectivity index (χ4v) is 3.37. The van der Waals surface area contributed by atoms with Crippen LogP contribution in [0.5, 0.6) is 0 Å². The highest BCUT2D eigenvalue weighted by atomic mass is 19.4. The fraction of sp³-hybridized carbons (Fsp3) is 0.583. The van der Waals surface area contributed by atoms with Gasteiger partial charge in [-0.2, -0.15) is 13.2 Å². The van der Waals surface area contributed by atoms with E-state index in [1.54, 1.807) is 0 Å². The van der Waals surface area contributed by atoms with Crippen LogP contribution in [0, 0.1) is 0 Å².